The van der Waals surface area contributed by atoms with Gasteiger partial charge in [-0.15, -0.1) is 0 Å². The Morgan fingerprint density at radius 1 is 1.61 bits per heavy atom. The third kappa shape index (κ3) is 3.02. The average Bonchev–Trinajstić information content (AvgIpc) is 3.17. The predicted molar refractivity (Wildman–Crippen MR) is 75.3 cm³/mol. The zero-order valence-corrected chi connectivity index (χ0v) is 12.1. The highest BCUT2D eigenvalue weighted by Crippen LogP contribution is 2.29. The van der Waals surface area contributed by atoms with Crippen molar-refractivity contribution in [2.24, 2.45) is 0 Å². The zero-order chi connectivity index (χ0) is 13.1. The Bertz CT molecular complexity index is 446. The molecule has 0 spiro atoms. The van der Waals surface area contributed by atoms with Gasteiger partial charge in [-0.05, 0) is 41.3 Å². The topological polar surface area (TPSA) is 59.2 Å². The molecule has 1 saturated carbocycles. The summed E-state index contributed by atoms with van der Waals surface area (Å²) in [6.07, 6.45) is 5.94. The molecule has 0 radical (unpaired) electrons. The van der Waals surface area contributed by atoms with E-state index in [2.05, 4.69) is 27.8 Å². The normalized spacial score (nSPS) is 14.6. The van der Waals surface area contributed by atoms with Crippen molar-refractivity contribution in [3.05, 3.63) is 22.3 Å². The van der Waals surface area contributed by atoms with E-state index in [0.717, 1.165) is 36.7 Å². The summed E-state index contributed by atoms with van der Waals surface area (Å²) in [7, 11) is 0. The highest BCUT2D eigenvalue weighted by atomic mass is 79.9. The van der Waals surface area contributed by atoms with Crippen molar-refractivity contribution in [2.75, 3.05) is 12.3 Å². The summed E-state index contributed by atoms with van der Waals surface area (Å²) in [6.45, 7) is 2.94. The summed E-state index contributed by atoms with van der Waals surface area (Å²) >= 11 is 3.33. The number of rotatable bonds is 5. The Hall–Kier alpha value is -1.10. The number of nitrogen functional groups attached to an aromatic ring is 1. The minimum absolute atomic E-state index is 0.0113. The molecule has 0 aromatic carbocycles. The number of aromatic nitrogens is 1. The molecule has 0 aliphatic heterocycles. The smallest absolute Gasteiger partial charge is 0.257 e. The lowest BCUT2D eigenvalue weighted by Gasteiger charge is -2.22. The van der Waals surface area contributed by atoms with Gasteiger partial charge >= 0.3 is 0 Å². The van der Waals surface area contributed by atoms with Crippen LogP contribution in [0.2, 0.25) is 0 Å². The molecule has 2 rings (SSSR count). The van der Waals surface area contributed by atoms with Gasteiger partial charge in [0.15, 0.2) is 0 Å². The minimum atomic E-state index is 0.0113. The molecule has 5 heteroatoms. The van der Waals surface area contributed by atoms with Gasteiger partial charge in [0.25, 0.3) is 5.91 Å². The molecule has 98 valence electrons. The first-order valence-corrected chi connectivity index (χ1v) is 7.14. The van der Waals surface area contributed by atoms with Crippen LogP contribution in [-0.4, -0.2) is 28.4 Å². The quantitative estimate of drug-likeness (QED) is 0.909. The van der Waals surface area contributed by atoms with Gasteiger partial charge < -0.3 is 10.6 Å². The first-order chi connectivity index (χ1) is 8.63. The van der Waals surface area contributed by atoms with Crippen LogP contribution in [0.4, 0.5) is 5.82 Å². The van der Waals surface area contributed by atoms with Crippen molar-refractivity contribution in [3.63, 3.8) is 0 Å². The van der Waals surface area contributed by atoms with Gasteiger partial charge in [0.2, 0.25) is 0 Å². The van der Waals surface area contributed by atoms with Crippen molar-refractivity contribution in [1.29, 1.82) is 0 Å². The third-order valence-corrected chi connectivity index (χ3v) is 3.55. The molecule has 1 amide bonds. The van der Waals surface area contributed by atoms with Crippen molar-refractivity contribution in [1.82, 2.24) is 9.88 Å². The number of pyridine rings is 1. The van der Waals surface area contributed by atoms with Crippen LogP contribution < -0.4 is 5.73 Å². The SMILES string of the molecule is CCCCN(C(=O)c1cc(Br)cnc1N)C1CC1. The fourth-order valence-corrected chi connectivity index (χ4v) is 2.27. The van der Waals surface area contributed by atoms with Crippen LogP contribution in [0.1, 0.15) is 43.0 Å². The lowest BCUT2D eigenvalue weighted by Crippen LogP contribution is -2.34. The van der Waals surface area contributed by atoms with Crippen LogP contribution in [0.25, 0.3) is 0 Å². The van der Waals surface area contributed by atoms with Gasteiger partial charge in [0, 0.05) is 23.3 Å². The molecule has 0 saturated heterocycles. The lowest BCUT2D eigenvalue weighted by atomic mass is 10.2. The standard InChI is InChI=1S/C13H18BrN3O/c1-2-3-6-17(10-4-5-10)13(18)11-7-9(14)8-16-12(11)15/h7-8,10H,2-6H2,1H3,(H2,15,16). The molecule has 1 heterocycles. The van der Waals surface area contributed by atoms with Crippen LogP contribution in [0, 0.1) is 0 Å². The maximum atomic E-state index is 12.5. The fourth-order valence-electron chi connectivity index (χ4n) is 1.94. The van der Waals surface area contributed by atoms with Gasteiger partial charge in [0.1, 0.15) is 5.82 Å². The van der Waals surface area contributed by atoms with E-state index in [1.165, 1.54) is 0 Å². The van der Waals surface area contributed by atoms with Gasteiger partial charge in [-0.25, -0.2) is 4.98 Å². The second-order valence-electron chi connectivity index (χ2n) is 4.67. The number of carbonyl (C=O) groups excluding carboxylic acids is 1. The Balaban J connectivity index is 2.19. The largest absolute Gasteiger partial charge is 0.383 e. The molecule has 1 aliphatic rings. The second kappa shape index (κ2) is 5.69. The van der Waals surface area contributed by atoms with Crippen molar-refractivity contribution in [3.8, 4) is 0 Å². The highest BCUT2D eigenvalue weighted by molar-refractivity contribution is 9.10. The Kier molecular flexibility index (Phi) is 4.22. The van der Waals surface area contributed by atoms with E-state index >= 15 is 0 Å². The van der Waals surface area contributed by atoms with Crippen LogP contribution >= 0.6 is 15.9 Å². The summed E-state index contributed by atoms with van der Waals surface area (Å²) in [5.41, 5.74) is 6.30. The van der Waals surface area contributed by atoms with Gasteiger partial charge in [-0.3, -0.25) is 4.79 Å². The monoisotopic (exact) mass is 311 g/mol. The van der Waals surface area contributed by atoms with Crippen LogP contribution in [-0.2, 0) is 0 Å². The van der Waals surface area contributed by atoms with Gasteiger partial charge in [-0.1, -0.05) is 13.3 Å². The summed E-state index contributed by atoms with van der Waals surface area (Å²) in [5, 5.41) is 0. The molecule has 0 bridgehead atoms. The number of nitrogens with two attached hydrogens (primary N) is 1. The first-order valence-electron chi connectivity index (χ1n) is 6.35. The predicted octanol–water partition coefficient (Wildman–Crippen LogP) is 2.83. The molecule has 0 unspecified atom stereocenters. The number of anilines is 1. The molecular weight excluding hydrogens is 294 g/mol. The van der Waals surface area contributed by atoms with E-state index in [1.54, 1.807) is 12.3 Å². The lowest BCUT2D eigenvalue weighted by molar-refractivity contribution is 0.0741. The third-order valence-electron chi connectivity index (χ3n) is 3.12. The molecule has 1 aromatic heterocycles. The number of unbranched alkanes of at least 4 members (excludes halogenated alkanes) is 1. The molecule has 0 atom stereocenters. The first kappa shape index (κ1) is 13.3. The number of hydrogen-bond acceptors (Lipinski definition) is 3. The Morgan fingerprint density at radius 2 is 2.33 bits per heavy atom. The average molecular weight is 312 g/mol. The van der Waals surface area contributed by atoms with Crippen molar-refractivity contribution in [2.45, 2.75) is 38.6 Å². The Labute approximate surface area is 116 Å². The molecule has 4 nitrogen and oxygen atoms in total. The molecule has 18 heavy (non-hydrogen) atoms. The summed E-state index contributed by atoms with van der Waals surface area (Å²) in [5.74, 6) is 0.322. The van der Waals surface area contributed by atoms with E-state index in [-0.39, 0.29) is 5.91 Å². The fraction of sp³-hybridized carbons (Fsp3) is 0.538. The van der Waals surface area contributed by atoms with E-state index < -0.39 is 0 Å². The highest BCUT2D eigenvalue weighted by Gasteiger charge is 2.33. The van der Waals surface area contributed by atoms with Crippen LogP contribution in [0.3, 0.4) is 0 Å². The number of halogens is 1. The minimum Gasteiger partial charge on any atom is -0.383 e. The number of hydrogen-bond donors (Lipinski definition) is 1. The van der Waals surface area contributed by atoms with Gasteiger partial charge in [-0.2, -0.15) is 0 Å². The molecule has 1 aromatic rings. The number of nitrogens with zero attached hydrogens (tertiary/aromatic N) is 2. The maximum Gasteiger partial charge on any atom is 0.257 e. The van der Waals surface area contributed by atoms with E-state index in [9.17, 15) is 4.79 Å². The Morgan fingerprint density at radius 3 is 2.94 bits per heavy atom. The maximum absolute atomic E-state index is 12.5. The number of carbonyl (C=O) groups is 1. The second-order valence-corrected chi connectivity index (χ2v) is 5.59. The van der Waals surface area contributed by atoms with Crippen LogP contribution in [0.15, 0.2) is 16.7 Å². The van der Waals surface area contributed by atoms with Gasteiger partial charge in [0.05, 0.1) is 5.56 Å². The van der Waals surface area contributed by atoms with Crippen molar-refractivity contribution < 1.29 is 4.79 Å². The van der Waals surface area contributed by atoms with E-state index in [0.29, 0.717) is 17.4 Å². The summed E-state index contributed by atoms with van der Waals surface area (Å²) in [6, 6.07) is 2.16. The molecular formula is C13H18BrN3O. The van der Waals surface area contributed by atoms with Crippen molar-refractivity contribution >= 4 is 27.7 Å². The summed E-state index contributed by atoms with van der Waals surface area (Å²) in [4.78, 5) is 18.5. The van der Waals surface area contributed by atoms with Crippen LogP contribution in [0.5, 0.6) is 0 Å². The molecule has 1 aliphatic carbocycles. The summed E-state index contributed by atoms with van der Waals surface area (Å²) < 4.78 is 0.784. The molecule has 2 N–H and O–H groups in total. The van der Waals surface area contributed by atoms with E-state index in [4.69, 9.17) is 5.73 Å². The number of amides is 1. The van der Waals surface area contributed by atoms with E-state index in [1.807, 2.05) is 4.90 Å². The molecule has 1 fully saturated rings. The zero-order valence-electron chi connectivity index (χ0n) is 10.5.